The number of aromatic nitrogens is 1. The fourth-order valence-electron chi connectivity index (χ4n) is 7.33. The molecule has 3 aliphatic rings. The van der Waals surface area contributed by atoms with E-state index in [0.717, 1.165) is 31.5 Å². The van der Waals surface area contributed by atoms with Crippen molar-refractivity contribution < 1.29 is 21.8 Å². The summed E-state index contributed by atoms with van der Waals surface area (Å²) in [5.41, 5.74) is 17.0. The standard InChI is InChI=1S/C42H67IN3/c1-15-30(40(6,7)8)22-28-25-36(34-20-17-32(26-35(28)34)42(12,13)14)38(44)45-43-46-33(19-16-27(2)39(3,4)5)24-29-23-31(41(9,10)11)18-21-37(29)46/h17-18,20-21,24-25,27,30-32,36H,15-16,19,22-23,26H2,1-14H3,(H2,44,45)/q-1/t27-,30?,31?,32?,36-/m1/s1. The van der Waals surface area contributed by atoms with Crippen LogP contribution in [0.5, 0.6) is 0 Å². The van der Waals surface area contributed by atoms with Crippen LogP contribution in [0.2, 0.25) is 0 Å². The second-order valence-electron chi connectivity index (χ2n) is 19.1. The molecule has 1 aromatic heterocycles. The monoisotopic (exact) mass is 740 g/mol. The molecule has 0 saturated heterocycles. The van der Waals surface area contributed by atoms with Crippen molar-refractivity contribution in [2.45, 2.75) is 135 Å². The number of aryl methyl sites for hydroxylation is 1. The fraction of sp³-hybridized carbons (Fsp3) is 0.690. The fourth-order valence-corrected chi connectivity index (χ4v) is 9.46. The molecule has 5 atom stereocenters. The second kappa shape index (κ2) is 13.7. The van der Waals surface area contributed by atoms with E-state index in [1.807, 2.05) is 0 Å². The number of amidine groups is 1. The zero-order valence-electron chi connectivity index (χ0n) is 31.9. The Morgan fingerprint density at radius 2 is 1.52 bits per heavy atom. The van der Waals surface area contributed by atoms with E-state index in [2.05, 4.69) is 136 Å². The molecule has 0 spiro atoms. The third kappa shape index (κ3) is 8.53. The van der Waals surface area contributed by atoms with Crippen LogP contribution in [0.15, 0.2) is 50.3 Å². The van der Waals surface area contributed by atoms with E-state index < -0.39 is 21.8 Å². The number of hydrogen-bond acceptors (Lipinski definition) is 1. The molecule has 3 unspecified atom stereocenters. The summed E-state index contributed by atoms with van der Waals surface area (Å²) in [6.45, 7) is 33.3. The normalized spacial score (nSPS) is 23.9. The van der Waals surface area contributed by atoms with Crippen LogP contribution in [-0.4, -0.2) is 8.62 Å². The number of nitrogens with two attached hydrogens (primary N) is 1. The van der Waals surface area contributed by atoms with Gasteiger partial charge in [0.1, 0.15) is 0 Å². The summed E-state index contributed by atoms with van der Waals surface area (Å²) >= 11 is -0.692. The molecule has 0 aromatic carbocycles. The molecule has 0 radical (unpaired) electrons. The summed E-state index contributed by atoms with van der Waals surface area (Å²) in [5.74, 6) is 3.30. The van der Waals surface area contributed by atoms with Crippen molar-refractivity contribution in [2.75, 3.05) is 0 Å². The number of allylic oxidation sites excluding steroid dienone is 5. The van der Waals surface area contributed by atoms with Gasteiger partial charge in [0, 0.05) is 0 Å². The first-order valence-corrected chi connectivity index (χ1v) is 20.1. The number of halogens is 1. The average molecular weight is 741 g/mol. The minimum atomic E-state index is -0.692. The maximum atomic E-state index is 7.05. The van der Waals surface area contributed by atoms with Crippen molar-refractivity contribution >= 4 is 11.9 Å². The Morgan fingerprint density at radius 3 is 2.09 bits per heavy atom. The SMILES string of the molecule is CCC(CC1=C[C@@H](C(N)=N[I-]n2c(CC[C@@H](C)C(C)(C)C)cc3c2C=CC(C(C)(C)C)C3)C2=C1CC(C(C)(C)C)C=C2)C(C)(C)C. The van der Waals surface area contributed by atoms with Gasteiger partial charge in [-0.15, -0.1) is 0 Å². The first-order chi connectivity index (χ1) is 21.1. The Labute approximate surface area is 294 Å². The van der Waals surface area contributed by atoms with E-state index in [0.29, 0.717) is 29.1 Å². The Balaban J connectivity index is 1.67. The third-order valence-electron chi connectivity index (χ3n) is 11.7. The van der Waals surface area contributed by atoms with Gasteiger partial charge in [-0.2, -0.15) is 0 Å². The summed E-state index contributed by atoms with van der Waals surface area (Å²) in [6, 6.07) is 2.51. The van der Waals surface area contributed by atoms with Gasteiger partial charge in [0.25, 0.3) is 0 Å². The molecule has 258 valence electrons. The van der Waals surface area contributed by atoms with E-state index in [9.17, 15) is 0 Å². The second-order valence-corrected chi connectivity index (χ2v) is 20.9. The van der Waals surface area contributed by atoms with Gasteiger partial charge >= 0.3 is 296 Å². The van der Waals surface area contributed by atoms with E-state index in [1.54, 1.807) is 5.57 Å². The summed E-state index contributed by atoms with van der Waals surface area (Å²) in [6.07, 6.45) is 19.1. The first kappa shape index (κ1) is 37.3. The van der Waals surface area contributed by atoms with Crippen LogP contribution in [0.1, 0.15) is 140 Å². The molecule has 4 heteroatoms. The van der Waals surface area contributed by atoms with Gasteiger partial charge in [-0.3, -0.25) is 0 Å². The molecule has 1 aromatic rings. The van der Waals surface area contributed by atoms with Gasteiger partial charge in [-0.1, -0.05) is 0 Å². The number of fused-ring (bicyclic) bond motifs is 1. The molecule has 2 N–H and O–H groups in total. The quantitative estimate of drug-likeness (QED) is 0.154. The molecular weight excluding hydrogens is 673 g/mol. The van der Waals surface area contributed by atoms with Crippen molar-refractivity contribution in [3.8, 4) is 0 Å². The van der Waals surface area contributed by atoms with Gasteiger partial charge < -0.3 is 0 Å². The molecule has 0 saturated carbocycles. The van der Waals surface area contributed by atoms with Crippen molar-refractivity contribution in [3.05, 3.63) is 64.0 Å². The van der Waals surface area contributed by atoms with Crippen LogP contribution in [0.3, 0.4) is 0 Å². The van der Waals surface area contributed by atoms with Gasteiger partial charge in [0.15, 0.2) is 0 Å². The molecular formula is C42H67IN3-. The average Bonchev–Trinajstić information content (AvgIpc) is 3.48. The first-order valence-electron chi connectivity index (χ1n) is 18.1. The van der Waals surface area contributed by atoms with Crippen LogP contribution < -0.4 is 27.5 Å². The van der Waals surface area contributed by atoms with Crippen LogP contribution in [0.25, 0.3) is 6.08 Å². The summed E-state index contributed by atoms with van der Waals surface area (Å²) in [7, 11) is 0. The molecule has 3 nitrogen and oxygen atoms in total. The van der Waals surface area contributed by atoms with Gasteiger partial charge in [0.05, 0.1) is 0 Å². The Kier molecular flexibility index (Phi) is 11.1. The van der Waals surface area contributed by atoms with E-state index in [4.69, 9.17) is 8.94 Å². The predicted octanol–water partition coefficient (Wildman–Crippen LogP) is 8.40. The maximum absolute atomic E-state index is 7.05. The third-order valence-corrected chi connectivity index (χ3v) is 14.0. The van der Waals surface area contributed by atoms with Gasteiger partial charge in [-0.05, 0) is 0 Å². The molecule has 0 fully saturated rings. The Hall–Kier alpha value is -1.56. The van der Waals surface area contributed by atoms with Gasteiger partial charge in [0.2, 0.25) is 0 Å². The van der Waals surface area contributed by atoms with E-state index in [1.165, 1.54) is 40.9 Å². The topological polar surface area (TPSA) is 43.3 Å². The van der Waals surface area contributed by atoms with Crippen molar-refractivity contribution in [2.24, 2.45) is 60.2 Å². The van der Waals surface area contributed by atoms with E-state index >= 15 is 0 Å². The molecule has 0 aliphatic heterocycles. The molecule has 46 heavy (non-hydrogen) atoms. The Bertz CT molecular complexity index is 1400. The van der Waals surface area contributed by atoms with Crippen molar-refractivity contribution in [3.63, 3.8) is 0 Å². The number of hydrogen-bond donors (Lipinski definition) is 1. The van der Waals surface area contributed by atoms with Crippen LogP contribution in [-0.2, 0) is 12.8 Å². The van der Waals surface area contributed by atoms with Crippen LogP contribution in [0, 0.1) is 51.2 Å². The summed E-state index contributed by atoms with van der Waals surface area (Å²) in [5, 5.41) is 0. The Morgan fingerprint density at radius 1 is 0.913 bits per heavy atom. The van der Waals surface area contributed by atoms with Crippen LogP contribution >= 0.6 is 0 Å². The summed E-state index contributed by atoms with van der Waals surface area (Å²) < 4.78 is 7.91. The van der Waals surface area contributed by atoms with Gasteiger partial charge in [-0.25, -0.2) is 0 Å². The number of rotatable bonds is 9. The summed E-state index contributed by atoms with van der Waals surface area (Å²) in [4.78, 5) is 0. The molecule has 0 bridgehead atoms. The zero-order valence-corrected chi connectivity index (χ0v) is 34.1. The predicted molar refractivity (Wildman–Crippen MR) is 197 cm³/mol. The zero-order chi connectivity index (χ0) is 34.4. The minimum absolute atomic E-state index is 0.0934. The molecule has 4 rings (SSSR count). The molecule has 3 aliphatic carbocycles. The van der Waals surface area contributed by atoms with Crippen LogP contribution in [0.4, 0.5) is 0 Å². The molecule has 0 amide bonds. The van der Waals surface area contributed by atoms with Crippen molar-refractivity contribution in [1.82, 2.24) is 2.78 Å². The number of nitrogens with zero attached hydrogens (tertiary/aromatic N) is 2. The molecule has 1 heterocycles. The van der Waals surface area contributed by atoms with E-state index in [-0.39, 0.29) is 22.2 Å². The van der Waals surface area contributed by atoms with Crippen molar-refractivity contribution in [1.29, 1.82) is 0 Å².